The van der Waals surface area contributed by atoms with Crippen molar-refractivity contribution in [3.8, 4) is 17.6 Å². The van der Waals surface area contributed by atoms with Gasteiger partial charge in [-0.05, 0) is 30.3 Å². The first-order valence-electron chi connectivity index (χ1n) is 6.23. The highest BCUT2D eigenvalue weighted by Crippen LogP contribution is 2.19. The van der Waals surface area contributed by atoms with Crippen LogP contribution in [0.2, 0.25) is 0 Å². The van der Waals surface area contributed by atoms with Crippen molar-refractivity contribution < 1.29 is 14.6 Å². The number of hydrogen-bond acceptors (Lipinski definition) is 4. The van der Waals surface area contributed by atoms with Gasteiger partial charge < -0.3 is 15.2 Å². The van der Waals surface area contributed by atoms with Crippen LogP contribution >= 0.6 is 0 Å². The third kappa shape index (κ3) is 3.81. The van der Waals surface area contributed by atoms with Crippen LogP contribution < -0.4 is 10.1 Å². The smallest absolute Gasteiger partial charge is 0.255 e. The highest BCUT2D eigenvalue weighted by Gasteiger charge is 2.09. The zero-order chi connectivity index (χ0) is 15.1. The molecule has 0 aliphatic rings. The number of carbonyl (C=O) groups excluding carboxylic acids is 1. The summed E-state index contributed by atoms with van der Waals surface area (Å²) < 4.78 is 5.17. The number of methoxy groups -OCH3 is 1. The highest BCUT2D eigenvalue weighted by molar-refractivity contribution is 6.04. The Balaban J connectivity index is 2.25. The molecule has 0 radical (unpaired) electrons. The standard InChI is InChI=1S/C16H14N2O3/c1-21-15-5-4-13(11-12(15)3-2-10-19)16(20)18-14-6-8-17-9-7-14/h4-9,11,19H,10H2,1H3,(H,17,18,20). The van der Waals surface area contributed by atoms with Gasteiger partial charge in [-0.25, -0.2) is 0 Å². The summed E-state index contributed by atoms with van der Waals surface area (Å²) in [7, 11) is 1.52. The molecule has 21 heavy (non-hydrogen) atoms. The molecule has 1 amide bonds. The van der Waals surface area contributed by atoms with Crippen LogP contribution in [0.1, 0.15) is 15.9 Å². The molecule has 2 N–H and O–H groups in total. The lowest BCUT2D eigenvalue weighted by Gasteiger charge is -2.08. The number of hydrogen-bond donors (Lipinski definition) is 2. The number of carbonyl (C=O) groups is 1. The number of aromatic nitrogens is 1. The SMILES string of the molecule is COc1ccc(C(=O)Nc2ccncc2)cc1C#CCO. The first-order valence-corrected chi connectivity index (χ1v) is 6.23. The molecule has 1 heterocycles. The number of rotatable bonds is 3. The Labute approximate surface area is 122 Å². The van der Waals surface area contributed by atoms with Crippen molar-refractivity contribution in [3.63, 3.8) is 0 Å². The first kappa shape index (κ1) is 14.6. The van der Waals surface area contributed by atoms with Crippen molar-refractivity contribution >= 4 is 11.6 Å². The molecule has 5 heteroatoms. The minimum atomic E-state index is -0.254. The van der Waals surface area contributed by atoms with E-state index in [0.29, 0.717) is 22.6 Å². The lowest BCUT2D eigenvalue weighted by atomic mass is 10.1. The Bertz CT molecular complexity index is 688. The average molecular weight is 282 g/mol. The molecule has 0 aliphatic carbocycles. The molecule has 0 saturated heterocycles. The molecule has 2 rings (SSSR count). The number of aliphatic hydroxyl groups is 1. The second-order valence-corrected chi connectivity index (χ2v) is 4.06. The van der Waals surface area contributed by atoms with E-state index in [1.807, 2.05) is 0 Å². The van der Waals surface area contributed by atoms with Gasteiger partial charge in [-0.15, -0.1) is 0 Å². The second kappa shape index (κ2) is 7.08. The molecule has 5 nitrogen and oxygen atoms in total. The predicted molar refractivity (Wildman–Crippen MR) is 79.1 cm³/mol. The fraction of sp³-hybridized carbons (Fsp3) is 0.125. The lowest BCUT2D eigenvalue weighted by molar-refractivity contribution is 0.102. The molecule has 0 aliphatic heterocycles. The van der Waals surface area contributed by atoms with E-state index in [2.05, 4.69) is 22.1 Å². The van der Waals surface area contributed by atoms with Gasteiger partial charge in [0.1, 0.15) is 12.4 Å². The normalized spacial score (nSPS) is 9.43. The lowest BCUT2D eigenvalue weighted by Crippen LogP contribution is -2.12. The van der Waals surface area contributed by atoms with E-state index in [0.717, 1.165) is 0 Å². The number of pyridine rings is 1. The number of anilines is 1. The third-order valence-electron chi connectivity index (χ3n) is 2.70. The van der Waals surface area contributed by atoms with E-state index in [-0.39, 0.29) is 12.5 Å². The van der Waals surface area contributed by atoms with Crippen molar-refractivity contribution in [1.29, 1.82) is 0 Å². The summed E-state index contributed by atoms with van der Waals surface area (Å²) in [5.41, 5.74) is 1.66. The Kier molecular flexibility index (Phi) is 4.91. The Morgan fingerprint density at radius 3 is 2.76 bits per heavy atom. The van der Waals surface area contributed by atoms with Crippen LogP contribution in [0.3, 0.4) is 0 Å². The maximum Gasteiger partial charge on any atom is 0.255 e. The molecule has 0 spiro atoms. The predicted octanol–water partition coefficient (Wildman–Crippen LogP) is 1.69. The van der Waals surface area contributed by atoms with Gasteiger partial charge >= 0.3 is 0 Å². The van der Waals surface area contributed by atoms with E-state index in [9.17, 15) is 4.79 Å². The van der Waals surface area contributed by atoms with E-state index < -0.39 is 0 Å². The molecule has 1 aromatic carbocycles. The maximum atomic E-state index is 12.2. The zero-order valence-electron chi connectivity index (χ0n) is 11.5. The first-order chi connectivity index (χ1) is 10.2. The largest absolute Gasteiger partial charge is 0.495 e. The molecule has 1 aromatic heterocycles. The summed E-state index contributed by atoms with van der Waals surface area (Å²) in [5, 5.41) is 11.5. The summed E-state index contributed by atoms with van der Waals surface area (Å²) in [6.45, 7) is -0.253. The van der Waals surface area contributed by atoms with Gasteiger partial charge in [0.05, 0.1) is 12.7 Å². The Morgan fingerprint density at radius 1 is 1.33 bits per heavy atom. The monoisotopic (exact) mass is 282 g/mol. The fourth-order valence-corrected chi connectivity index (χ4v) is 1.72. The summed E-state index contributed by atoms with van der Waals surface area (Å²) >= 11 is 0. The van der Waals surface area contributed by atoms with Crippen LogP contribution in [-0.4, -0.2) is 29.7 Å². The molecule has 106 valence electrons. The van der Waals surface area contributed by atoms with Gasteiger partial charge in [-0.1, -0.05) is 11.8 Å². The van der Waals surface area contributed by atoms with E-state index in [1.165, 1.54) is 7.11 Å². The van der Waals surface area contributed by atoms with E-state index in [1.54, 1.807) is 42.7 Å². The van der Waals surface area contributed by atoms with Crippen LogP contribution in [0.25, 0.3) is 0 Å². The highest BCUT2D eigenvalue weighted by atomic mass is 16.5. The van der Waals surface area contributed by atoms with Gasteiger partial charge in [-0.2, -0.15) is 0 Å². The van der Waals surface area contributed by atoms with Gasteiger partial charge in [0.2, 0.25) is 0 Å². The molecule has 0 saturated carbocycles. The Morgan fingerprint density at radius 2 is 2.10 bits per heavy atom. The molecule has 0 bridgehead atoms. The quantitative estimate of drug-likeness (QED) is 0.840. The van der Waals surface area contributed by atoms with Crippen LogP contribution in [-0.2, 0) is 0 Å². The summed E-state index contributed by atoms with van der Waals surface area (Å²) in [6.07, 6.45) is 3.20. The van der Waals surface area contributed by atoms with Crippen molar-refractivity contribution in [1.82, 2.24) is 4.98 Å². The number of amides is 1. The molecular formula is C16H14N2O3. The number of nitrogens with one attached hydrogen (secondary N) is 1. The zero-order valence-corrected chi connectivity index (χ0v) is 11.5. The minimum Gasteiger partial charge on any atom is -0.495 e. The van der Waals surface area contributed by atoms with Crippen molar-refractivity contribution in [2.24, 2.45) is 0 Å². The number of aliphatic hydroxyl groups excluding tert-OH is 1. The Hall–Kier alpha value is -2.84. The second-order valence-electron chi connectivity index (χ2n) is 4.06. The summed E-state index contributed by atoms with van der Waals surface area (Å²) in [6, 6.07) is 8.35. The molecule has 0 atom stereocenters. The van der Waals surface area contributed by atoms with Gasteiger partial charge in [0.25, 0.3) is 5.91 Å². The molecular weight excluding hydrogens is 268 g/mol. The number of benzene rings is 1. The van der Waals surface area contributed by atoms with Gasteiger partial charge in [-0.3, -0.25) is 9.78 Å². The third-order valence-corrected chi connectivity index (χ3v) is 2.70. The van der Waals surface area contributed by atoms with E-state index in [4.69, 9.17) is 9.84 Å². The van der Waals surface area contributed by atoms with Crippen molar-refractivity contribution in [2.45, 2.75) is 0 Å². The van der Waals surface area contributed by atoms with Crippen LogP contribution in [0, 0.1) is 11.8 Å². The van der Waals surface area contributed by atoms with Crippen molar-refractivity contribution in [2.75, 3.05) is 19.0 Å². The van der Waals surface area contributed by atoms with Crippen LogP contribution in [0.5, 0.6) is 5.75 Å². The summed E-state index contributed by atoms with van der Waals surface area (Å²) in [4.78, 5) is 16.1. The van der Waals surface area contributed by atoms with Crippen LogP contribution in [0.4, 0.5) is 5.69 Å². The van der Waals surface area contributed by atoms with Gasteiger partial charge in [0, 0.05) is 23.6 Å². The molecule has 0 fully saturated rings. The topological polar surface area (TPSA) is 71.5 Å². The molecule has 0 unspecified atom stereocenters. The van der Waals surface area contributed by atoms with Crippen molar-refractivity contribution in [3.05, 3.63) is 53.9 Å². The summed E-state index contributed by atoms with van der Waals surface area (Å²) in [5.74, 6) is 5.60. The minimum absolute atomic E-state index is 0.253. The van der Waals surface area contributed by atoms with Gasteiger partial charge in [0.15, 0.2) is 0 Å². The average Bonchev–Trinajstić information content (AvgIpc) is 2.53. The number of nitrogens with zero attached hydrogens (tertiary/aromatic N) is 1. The fourth-order valence-electron chi connectivity index (χ4n) is 1.72. The van der Waals surface area contributed by atoms with Crippen LogP contribution in [0.15, 0.2) is 42.7 Å². The maximum absolute atomic E-state index is 12.2. The molecule has 2 aromatic rings. The van der Waals surface area contributed by atoms with E-state index >= 15 is 0 Å². The number of ether oxygens (including phenoxy) is 1.